The predicted molar refractivity (Wildman–Crippen MR) is 115 cm³/mol. The van der Waals surface area contributed by atoms with E-state index in [1.807, 2.05) is 0 Å². The fourth-order valence-corrected chi connectivity index (χ4v) is 4.53. The molecule has 2 rings (SSSR count). The molecule has 0 radical (unpaired) electrons. The van der Waals surface area contributed by atoms with Crippen molar-refractivity contribution in [1.82, 2.24) is 0 Å². The van der Waals surface area contributed by atoms with Crippen molar-refractivity contribution in [3.05, 3.63) is 45.0 Å². The van der Waals surface area contributed by atoms with Crippen LogP contribution >= 0.6 is 0 Å². The molecule has 162 valence electrons. The molecule has 1 aromatic carbocycles. The van der Waals surface area contributed by atoms with Crippen LogP contribution in [0.5, 0.6) is 5.75 Å². The van der Waals surface area contributed by atoms with Crippen LogP contribution in [-0.2, 0) is 32.5 Å². The molecule has 0 atom stereocenters. The van der Waals surface area contributed by atoms with Gasteiger partial charge >= 0.3 is 21.7 Å². The third-order valence-electron chi connectivity index (χ3n) is 6.37. The van der Waals surface area contributed by atoms with E-state index in [9.17, 15) is 5.11 Å². The first kappa shape index (κ1) is 31.0. The molecule has 0 unspecified atom stereocenters. The maximum atomic E-state index is 11.4. The zero-order chi connectivity index (χ0) is 20.4. The summed E-state index contributed by atoms with van der Waals surface area (Å²) in [5.74, 6) is 0.476. The molecule has 4 heteroatoms. The smallest absolute Gasteiger partial charge is 1.00 e. The van der Waals surface area contributed by atoms with Gasteiger partial charge in [-0.05, 0) is 71.9 Å². The van der Waals surface area contributed by atoms with E-state index >= 15 is 0 Å². The monoisotopic (exact) mass is 472 g/mol. The summed E-state index contributed by atoms with van der Waals surface area (Å²) in [4.78, 5) is 0. The second kappa shape index (κ2) is 9.52. The number of halogens is 2. The van der Waals surface area contributed by atoms with Gasteiger partial charge in [0.15, 0.2) is 0 Å². The average molecular weight is 473 g/mol. The van der Waals surface area contributed by atoms with Crippen molar-refractivity contribution in [2.45, 2.75) is 93.9 Å². The molecule has 0 heterocycles. The summed E-state index contributed by atoms with van der Waals surface area (Å²) in [6.45, 7) is 26.7. The SMILES string of the molecule is CC1=C(C)C(C)(C)C(c2c(C)cc(C(C)(C)C)c(O)c2C(C)(C)C)=C1C.[Cl-].[Cl-].[Ti+2]. The Balaban J connectivity index is 0. The summed E-state index contributed by atoms with van der Waals surface area (Å²) in [5.41, 5.74) is 9.97. The van der Waals surface area contributed by atoms with E-state index in [2.05, 4.69) is 89.2 Å². The zero-order valence-electron chi connectivity index (χ0n) is 20.3. The van der Waals surface area contributed by atoms with E-state index in [1.165, 1.54) is 33.4 Å². The van der Waals surface area contributed by atoms with E-state index in [4.69, 9.17) is 0 Å². The quantitative estimate of drug-likeness (QED) is 0.613. The number of allylic oxidation sites excluding steroid dienone is 4. The van der Waals surface area contributed by atoms with Gasteiger partial charge in [0, 0.05) is 11.0 Å². The molecule has 1 aliphatic rings. The number of aryl methyl sites for hydroxylation is 1. The van der Waals surface area contributed by atoms with Gasteiger partial charge in [-0.3, -0.25) is 0 Å². The van der Waals surface area contributed by atoms with Crippen molar-refractivity contribution in [2.75, 3.05) is 0 Å². The van der Waals surface area contributed by atoms with E-state index in [-0.39, 0.29) is 62.8 Å². The topological polar surface area (TPSA) is 20.2 Å². The first-order valence-electron chi connectivity index (χ1n) is 9.80. The van der Waals surface area contributed by atoms with E-state index in [0.717, 1.165) is 11.1 Å². The van der Waals surface area contributed by atoms with Gasteiger partial charge in [0.1, 0.15) is 5.75 Å². The molecule has 0 saturated heterocycles. The van der Waals surface area contributed by atoms with Gasteiger partial charge in [-0.15, -0.1) is 0 Å². The van der Waals surface area contributed by atoms with Crippen molar-refractivity contribution in [3.8, 4) is 5.75 Å². The third kappa shape index (κ3) is 5.17. The maximum Gasteiger partial charge on any atom is 2.00 e. The Kier molecular flexibility index (Phi) is 10.2. The Morgan fingerprint density at radius 1 is 0.793 bits per heavy atom. The molecule has 1 aromatic rings. The van der Waals surface area contributed by atoms with Crippen LogP contribution in [0.15, 0.2) is 22.8 Å². The number of phenols is 1. The second-order valence-corrected chi connectivity index (χ2v) is 10.7. The summed E-state index contributed by atoms with van der Waals surface area (Å²) in [5, 5.41) is 11.4. The molecule has 1 N–H and O–H groups in total. The van der Waals surface area contributed by atoms with Crippen LogP contribution in [0.4, 0.5) is 0 Å². The summed E-state index contributed by atoms with van der Waals surface area (Å²) in [6.07, 6.45) is 0. The van der Waals surface area contributed by atoms with Gasteiger partial charge in [-0.1, -0.05) is 67.0 Å². The number of benzene rings is 1. The van der Waals surface area contributed by atoms with Gasteiger partial charge in [-0.25, -0.2) is 0 Å². The van der Waals surface area contributed by atoms with E-state index < -0.39 is 0 Å². The molecular weight excluding hydrogens is 435 g/mol. The molecule has 0 aromatic heterocycles. The summed E-state index contributed by atoms with van der Waals surface area (Å²) in [6, 6.07) is 2.21. The number of hydrogen-bond acceptors (Lipinski definition) is 1. The largest absolute Gasteiger partial charge is 2.00 e. The number of hydrogen-bond donors (Lipinski definition) is 1. The summed E-state index contributed by atoms with van der Waals surface area (Å²) >= 11 is 0. The van der Waals surface area contributed by atoms with Crippen LogP contribution in [0.2, 0.25) is 0 Å². The van der Waals surface area contributed by atoms with Crippen LogP contribution in [0.3, 0.4) is 0 Å². The van der Waals surface area contributed by atoms with E-state index in [0.29, 0.717) is 5.75 Å². The number of phenolic OH excluding ortho intramolecular Hbond substituents is 1. The fraction of sp³-hybridized carbons (Fsp3) is 0.600. The molecule has 0 aliphatic heterocycles. The zero-order valence-corrected chi connectivity index (χ0v) is 23.4. The van der Waals surface area contributed by atoms with Crippen LogP contribution in [0, 0.1) is 12.3 Å². The van der Waals surface area contributed by atoms with Crippen molar-refractivity contribution < 1.29 is 51.6 Å². The molecule has 0 spiro atoms. The minimum absolute atomic E-state index is 0. The van der Waals surface area contributed by atoms with Gasteiger partial charge in [0.25, 0.3) is 0 Å². The Morgan fingerprint density at radius 2 is 1.24 bits per heavy atom. The molecule has 0 amide bonds. The van der Waals surface area contributed by atoms with Gasteiger partial charge < -0.3 is 29.9 Å². The van der Waals surface area contributed by atoms with Crippen molar-refractivity contribution in [2.24, 2.45) is 5.41 Å². The van der Waals surface area contributed by atoms with Crippen LogP contribution in [-0.4, -0.2) is 5.11 Å². The summed E-state index contributed by atoms with van der Waals surface area (Å²) in [7, 11) is 0. The molecule has 1 aliphatic carbocycles. The Bertz CT molecular complexity index is 832. The van der Waals surface area contributed by atoms with Crippen molar-refractivity contribution >= 4 is 5.57 Å². The second-order valence-electron chi connectivity index (χ2n) is 10.7. The van der Waals surface area contributed by atoms with Crippen LogP contribution in [0.1, 0.15) is 98.4 Å². The molecule has 0 fully saturated rings. The van der Waals surface area contributed by atoms with Crippen molar-refractivity contribution in [3.63, 3.8) is 0 Å². The molecule has 0 saturated carbocycles. The molecule has 0 bridgehead atoms. The maximum absolute atomic E-state index is 11.4. The van der Waals surface area contributed by atoms with Gasteiger partial charge in [0.2, 0.25) is 0 Å². The molecule has 29 heavy (non-hydrogen) atoms. The fourth-order valence-electron chi connectivity index (χ4n) is 4.53. The number of rotatable bonds is 1. The van der Waals surface area contributed by atoms with E-state index in [1.54, 1.807) is 0 Å². The Morgan fingerprint density at radius 3 is 1.55 bits per heavy atom. The number of aromatic hydroxyl groups is 1. The average Bonchev–Trinajstić information content (AvgIpc) is 2.59. The molecular formula is C25H38Cl2OTi. The van der Waals surface area contributed by atoms with Crippen LogP contribution < -0.4 is 24.8 Å². The Hall–Kier alpha value is -0.206. The predicted octanol–water partition coefficient (Wildman–Crippen LogP) is 1.45. The first-order chi connectivity index (χ1) is 11.5. The van der Waals surface area contributed by atoms with Gasteiger partial charge in [-0.2, -0.15) is 0 Å². The summed E-state index contributed by atoms with van der Waals surface area (Å²) < 4.78 is 0. The Labute approximate surface area is 206 Å². The standard InChI is InChI=1S/C25H38O.2ClH.Ti/c1-14-13-18(23(5,6)7)22(26)21(24(8,9)10)19(14)20-16(3)15(2)17(4)25(20,11)12;;;/h13,26H,1-12H3;2*1H;/q;;;+2/p-2. The van der Waals surface area contributed by atoms with Gasteiger partial charge in [0.05, 0.1) is 0 Å². The normalized spacial score (nSPS) is 16.3. The first-order valence-corrected chi connectivity index (χ1v) is 9.80. The minimum atomic E-state index is -0.140. The van der Waals surface area contributed by atoms with Crippen molar-refractivity contribution in [1.29, 1.82) is 0 Å². The minimum Gasteiger partial charge on any atom is -1.00 e. The molecule has 1 nitrogen and oxygen atoms in total. The third-order valence-corrected chi connectivity index (χ3v) is 6.37. The van der Waals surface area contributed by atoms with Crippen LogP contribution in [0.25, 0.3) is 5.57 Å².